The Morgan fingerprint density at radius 1 is 0.133 bits per heavy atom. The maximum atomic E-state index is 7.83. The van der Waals surface area contributed by atoms with Crippen molar-refractivity contribution < 1.29 is 41.2 Å². The Balaban J connectivity index is 4.57. The van der Waals surface area contributed by atoms with Crippen LogP contribution in [0.3, 0.4) is 0 Å². The molecule has 0 bridgehead atoms. The first-order chi connectivity index (χ1) is 28.3. The van der Waals surface area contributed by atoms with Crippen molar-refractivity contribution in [3.8, 4) is 0 Å². The van der Waals surface area contributed by atoms with E-state index in [2.05, 4.69) is 138 Å². The Morgan fingerprint density at radius 3 is 0.217 bits per heavy atom. The lowest BCUT2D eigenvalue weighted by atomic mass is 10.9. The molecule has 1 rings (SSSR count). The van der Waals surface area contributed by atoms with Gasteiger partial charge in [-0.25, -0.2) is 0 Å². The second kappa shape index (κ2) is 25.8. The van der Waals surface area contributed by atoms with Crippen LogP contribution in [0.4, 0.5) is 0 Å². The molecule has 0 aromatic carbocycles. The molecule has 1 heterocycles. The molecule has 0 atom stereocenters. The summed E-state index contributed by atoms with van der Waals surface area (Å²) in [5.41, 5.74) is 0. The molecule has 0 amide bonds. The molecule has 1 fully saturated rings. The van der Waals surface area contributed by atoms with Gasteiger partial charge in [-0.1, -0.05) is 138 Å². The van der Waals surface area contributed by atoms with Crippen LogP contribution >= 0.6 is 0 Å². The van der Waals surface area contributed by atoms with E-state index in [4.69, 9.17) is 41.2 Å². The van der Waals surface area contributed by atoms with Crippen molar-refractivity contribution in [1.29, 1.82) is 0 Å². The first-order valence-corrected chi connectivity index (χ1v) is 47.6. The molecule has 1 aliphatic heterocycles. The summed E-state index contributed by atoms with van der Waals surface area (Å²) in [6, 6.07) is 16.9. The Bertz CT molecular complexity index is 845. The molecule has 1 aliphatic rings. The van der Waals surface area contributed by atoms with Crippen LogP contribution in [0.1, 0.15) is 138 Å². The number of hydrogen-bond donors (Lipinski definition) is 0. The smallest absolute Gasteiger partial charge is 0.320 e. The van der Waals surface area contributed by atoms with Gasteiger partial charge in [-0.15, -0.1) is 0 Å². The van der Waals surface area contributed by atoms with Crippen molar-refractivity contribution in [2.45, 2.75) is 259 Å². The van der Waals surface area contributed by atoms with Gasteiger partial charge in [-0.05, 0) is 121 Å². The summed E-state index contributed by atoms with van der Waals surface area (Å²) in [5.74, 6) is 0. The molecule has 0 aromatic heterocycles. The molecule has 0 aromatic rings. The average molecular weight is 1020 g/mol. The fourth-order valence-electron chi connectivity index (χ4n) is 8.98. The summed E-state index contributed by atoms with van der Waals surface area (Å²) in [5, 5.41) is 0. The van der Waals surface area contributed by atoms with E-state index in [1.54, 1.807) is 0 Å². The monoisotopic (exact) mass is 1020 g/mol. The third-order valence-electron chi connectivity index (χ3n) is 14.5. The highest BCUT2D eigenvalue weighted by Gasteiger charge is 2.61. The van der Waals surface area contributed by atoms with Gasteiger partial charge >= 0.3 is 85.6 Å². The van der Waals surface area contributed by atoms with Crippen LogP contribution in [-0.2, 0) is 41.2 Å². The molecule has 1 saturated heterocycles. The third kappa shape index (κ3) is 13.9. The van der Waals surface area contributed by atoms with Gasteiger partial charge in [0.2, 0.25) is 0 Å². The first-order valence-electron chi connectivity index (χ1n) is 25.3. The van der Waals surface area contributed by atoms with Crippen LogP contribution < -0.4 is 0 Å². The van der Waals surface area contributed by atoms with E-state index < -0.39 is 85.6 Å². The van der Waals surface area contributed by atoms with Gasteiger partial charge in [0.15, 0.2) is 0 Å². The fraction of sp³-hybridized carbons (Fsp3) is 1.00. The molecule has 0 unspecified atom stereocenters. The number of hydrogen-bond acceptors (Lipinski definition) is 10. The van der Waals surface area contributed by atoms with Gasteiger partial charge in [-0.3, -0.25) is 0 Å². The van der Waals surface area contributed by atoms with E-state index in [9.17, 15) is 0 Å². The van der Waals surface area contributed by atoms with Crippen LogP contribution in [-0.4, -0.2) is 85.6 Å². The van der Waals surface area contributed by atoms with Crippen molar-refractivity contribution in [2.75, 3.05) is 0 Å². The van der Waals surface area contributed by atoms with Crippen molar-refractivity contribution in [3.05, 3.63) is 0 Å². The van der Waals surface area contributed by atoms with Crippen LogP contribution in [0.5, 0.6) is 0 Å². The lowest BCUT2D eigenvalue weighted by Crippen LogP contribution is -2.69. The van der Waals surface area contributed by atoms with Crippen molar-refractivity contribution >= 4 is 85.6 Å². The molecule has 20 heteroatoms. The Morgan fingerprint density at radius 2 is 0.183 bits per heavy atom. The van der Waals surface area contributed by atoms with E-state index in [-0.39, 0.29) is 0 Å². The molecular formula is C40H100O10Si10. The zero-order valence-electron chi connectivity index (χ0n) is 43.2. The quantitative estimate of drug-likeness (QED) is 0.110. The lowest BCUT2D eigenvalue weighted by Gasteiger charge is -2.52. The van der Waals surface area contributed by atoms with Gasteiger partial charge in [0.1, 0.15) is 0 Å². The van der Waals surface area contributed by atoms with E-state index in [0.29, 0.717) is 0 Å². The average Bonchev–Trinajstić information content (AvgIpc) is 3.31. The van der Waals surface area contributed by atoms with Crippen molar-refractivity contribution in [1.82, 2.24) is 0 Å². The predicted octanol–water partition coefficient (Wildman–Crippen LogP) is 15.0. The summed E-state index contributed by atoms with van der Waals surface area (Å²) < 4.78 is 78.3. The SMILES string of the molecule is CC[Si]1(CC)O[Si](CC)(CC)O[Si](CC)(CC)O[Si](CC)(CC)O[Si](CC)(CC)O[Si](CC)(CC)O[Si](CC)(CC)O[Si](CC)(CC)O[Si](CC)(CC)O[Si](CC)(CC)O1. The highest BCUT2D eigenvalue weighted by molar-refractivity contribution is 6.96. The second-order valence-corrected chi connectivity index (χ2v) is 57.7. The van der Waals surface area contributed by atoms with Crippen molar-refractivity contribution in [3.63, 3.8) is 0 Å². The van der Waals surface area contributed by atoms with E-state index in [0.717, 1.165) is 121 Å². The normalized spacial score (nSPS) is 25.0. The minimum absolute atomic E-state index is 0.843. The molecule has 0 aliphatic carbocycles. The number of rotatable bonds is 20. The Kier molecular flexibility index (Phi) is 25.7. The first kappa shape index (κ1) is 59.8. The summed E-state index contributed by atoms with van der Waals surface area (Å²) in [7, 11) is -28.7. The van der Waals surface area contributed by atoms with Gasteiger partial charge in [0, 0.05) is 0 Å². The second-order valence-electron chi connectivity index (χ2n) is 17.2. The summed E-state index contributed by atoms with van der Waals surface area (Å²) in [6.45, 7) is 45.6. The molecule has 360 valence electrons. The van der Waals surface area contributed by atoms with Crippen LogP contribution in [0.2, 0.25) is 121 Å². The van der Waals surface area contributed by atoms with Crippen LogP contribution in [0.25, 0.3) is 0 Å². The Labute approximate surface area is 383 Å². The van der Waals surface area contributed by atoms with E-state index in [1.165, 1.54) is 0 Å². The molecule has 0 N–H and O–H groups in total. The molecular weight excluding hydrogens is 921 g/mol. The van der Waals surface area contributed by atoms with Gasteiger partial charge in [0.25, 0.3) is 0 Å². The zero-order chi connectivity index (χ0) is 46.2. The predicted molar refractivity (Wildman–Crippen MR) is 278 cm³/mol. The molecule has 0 radical (unpaired) electrons. The molecule has 60 heavy (non-hydrogen) atoms. The summed E-state index contributed by atoms with van der Waals surface area (Å²) in [6.07, 6.45) is 0. The van der Waals surface area contributed by atoms with Crippen LogP contribution in [0, 0.1) is 0 Å². The minimum Gasteiger partial charge on any atom is -0.415 e. The zero-order valence-corrected chi connectivity index (χ0v) is 53.2. The van der Waals surface area contributed by atoms with Gasteiger partial charge in [0.05, 0.1) is 0 Å². The minimum atomic E-state index is -2.87. The maximum Gasteiger partial charge on any atom is 0.320 e. The lowest BCUT2D eigenvalue weighted by molar-refractivity contribution is 0.215. The highest BCUT2D eigenvalue weighted by Crippen LogP contribution is 2.44. The topological polar surface area (TPSA) is 92.3 Å². The molecule has 0 saturated carbocycles. The summed E-state index contributed by atoms with van der Waals surface area (Å²) in [4.78, 5) is 0. The van der Waals surface area contributed by atoms with E-state index >= 15 is 0 Å². The largest absolute Gasteiger partial charge is 0.415 e. The highest BCUT2D eigenvalue weighted by atomic mass is 28.5. The van der Waals surface area contributed by atoms with Crippen LogP contribution in [0.15, 0.2) is 0 Å². The fourth-order valence-corrected chi connectivity index (χ4v) is 69.6. The molecule has 10 nitrogen and oxygen atoms in total. The van der Waals surface area contributed by atoms with Gasteiger partial charge < -0.3 is 41.2 Å². The van der Waals surface area contributed by atoms with Crippen molar-refractivity contribution in [2.24, 2.45) is 0 Å². The summed E-state index contributed by atoms with van der Waals surface area (Å²) >= 11 is 0. The van der Waals surface area contributed by atoms with Gasteiger partial charge in [-0.2, -0.15) is 0 Å². The van der Waals surface area contributed by atoms with E-state index in [1.807, 2.05) is 0 Å². The maximum absolute atomic E-state index is 7.83. The Hall–Kier alpha value is 1.77. The standard InChI is InChI=1S/C40H100O10Si10/c1-21-51(22-2)41-52(23-3,24-4)43-54(27-7,28-8)45-56(31-11,32-12)47-58(35-15,36-16)49-60(39-19,40-20)50-59(37-17,38-18)48-57(33-13,34-14)46-55(29-9,30-10)44-53(25-5,26-6)42-51/h21-40H2,1-20H3. The third-order valence-corrected chi connectivity index (χ3v) is 65.8. The molecule has 0 spiro atoms.